The first-order valence-corrected chi connectivity index (χ1v) is 6.34. The summed E-state index contributed by atoms with van der Waals surface area (Å²) >= 11 is 3.77. The average Bonchev–Trinajstić information content (AvgIpc) is 3.00. The first kappa shape index (κ1) is 10.2. The van der Waals surface area contributed by atoms with Crippen molar-refractivity contribution in [1.82, 2.24) is 0 Å². The van der Waals surface area contributed by atoms with Gasteiger partial charge in [-0.25, -0.2) is 0 Å². The number of hydrogen-bond donors (Lipinski definition) is 0. The number of alkyl halides is 1. The van der Waals surface area contributed by atoms with E-state index in [4.69, 9.17) is 0 Å². The van der Waals surface area contributed by atoms with Crippen LogP contribution in [0.15, 0.2) is 24.3 Å². The van der Waals surface area contributed by atoms with Crippen molar-refractivity contribution in [3.05, 3.63) is 35.4 Å². The van der Waals surface area contributed by atoms with Gasteiger partial charge in [-0.2, -0.15) is 0 Å². The van der Waals surface area contributed by atoms with Crippen LogP contribution in [0.1, 0.15) is 48.6 Å². The van der Waals surface area contributed by atoms with Gasteiger partial charge in [0.25, 0.3) is 0 Å². The number of halogens is 1. The maximum atomic E-state index is 3.77. The molecule has 76 valence electrons. The van der Waals surface area contributed by atoms with E-state index in [1.807, 2.05) is 0 Å². The summed E-state index contributed by atoms with van der Waals surface area (Å²) in [7, 11) is 0. The van der Waals surface area contributed by atoms with Crippen LogP contribution in [0.25, 0.3) is 0 Å². The maximum Gasteiger partial charge on any atom is 0.0423 e. The van der Waals surface area contributed by atoms with E-state index in [1.54, 1.807) is 0 Å². The smallest absolute Gasteiger partial charge is 0.0423 e. The highest BCUT2D eigenvalue weighted by molar-refractivity contribution is 9.09. The summed E-state index contributed by atoms with van der Waals surface area (Å²) in [5, 5.41) is 0. The molecule has 1 unspecified atom stereocenters. The summed E-state index contributed by atoms with van der Waals surface area (Å²) < 4.78 is 0. The highest BCUT2D eigenvalue weighted by Crippen LogP contribution is 2.46. The Kier molecular flexibility index (Phi) is 2.96. The molecule has 2 rings (SSSR count). The molecule has 0 heterocycles. The molecule has 1 aromatic carbocycles. The van der Waals surface area contributed by atoms with E-state index < -0.39 is 0 Å². The van der Waals surface area contributed by atoms with Gasteiger partial charge in [0, 0.05) is 4.83 Å². The zero-order valence-electron chi connectivity index (χ0n) is 8.83. The van der Waals surface area contributed by atoms with E-state index in [0.717, 1.165) is 5.92 Å². The molecule has 0 saturated heterocycles. The highest BCUT2D eigenvalue weighted by atomic mass is 79.9. The van der Waals surface area contributed by atoms with Gasteiger partial charge in [-0.05, 0) is 35.8 Å². The molecule has 0 amide bonds. The summed E-state index contributed by atoms with van der Waals surface area (Å²) in [6, 6.07) is 9.06. The van der Waals surface area contributed by atoms with Crippen LogP contribution in [0.3, 0.4) is 0 Å². The molecule has 0 spiro atoms. The second-order valence-electron chi connectivity index (χ2n) is 4.56. The minimum Gasteiger partial charge on any atom is -0.0836 e. The molecule has 1 fully saturated rings. The largest absolute Gasteiger partial charge is 0.0836 e. The Morgan fingerprint density at radius 3 is 2.00 bits per heavy atom. The van der Waals surface area contributed by atoms with E-state index in [2.05, 4.69) is 54.0 Å². The van der Waals surface area contributed by atoms with Gasteiger partial charge >= 0.3 is 0 Å². The summed E-state index contributed by atoms with van der Waals surface area (Å²) in [4.78, 5) is 0.587. The minimum atomic E-state index is 0.587. The molecule has 0 N–H and O–H groups in total. The number of benzene rings is 1. The Balaban J connectivity index is 2.12. The van der Waals surface area contributed by atoms with Crippen molar-refractivity contribution in [2.45, 2.75) is 37.4 Å². The maximum absolute atomic E-state index is 3.77. The number of rotatable bonds is 3. The first-order valence-electron chi connectivity index (χ1n) is 5.42. The second kappa shape index (κ2) is 4.06. The fraction of sp³-hybridized carbons (Fsp3) is 0.538. The molecule has 1 saturated carbocycles. The van der Waals surface area contributed by atoms with Gasteiger partial charge in [0.2, 0.25) is 0 Å². The van der Waals surface area contributed by atoms with Crippen molar-refractivity contribution >= 4 is 15.9 Å². The zero-order chi connectivity index (χ0) is 10.1. The Hall–Kier alpha value is -0.300. The molecule has 0 bridgehead atoms. The Morgan fingerprint density at radius 2 is 1.57 bits per heavy atom. The van der Waals surface area contributed by atoms with Gasteiger partial charge in [-0.1, -0.05) is 54.0 Å². The van der Waals surface area contributed by atoms with Crippen molar-refractivity contribution in [3.63, 3.8) is 0 Å². The summed E-state index contributed by atoms with van der Waals surface area (Å²) in [6.45, 7) is 4.48. The SMILES string of the molecule is CC(C)c1ccc(C(Br)C2CC2)cc1. The Bertz CT molecular complexity index is 296. The van der Waals surface area contributed by atoms with Crippen LogP contribution in [-0.4, -0.2) is 0 Å². The standard InChI is InChI=1S/C13H17Br/c1-9(2)10-3-5-11(6-4-10)13(14)12-7-8-12/h3-6,9,12-13H,7-8H2,1-2H3. The lowest BCUT2D eigenvalue weighted by Gasteiger charge is -2.10. The number of hydrogen-bond acceptors (Lipinski definition) is 0. The normalized spacial score (nSPS) is 18.6. The second-order valence-corrected chi connectivity index (χ2v) is 5.55. The fourth-order valence-electron chi connectivity index (χ4n) is 1.73. The highest BCUT2D eigenvalue weighted by Gasteiger charge is 2.30. The molecular weight excluding hydrogens is 236 g/mol. The molecule has 1 aromatic rings. The lowest BCUT2D eigenvalue weighted by atomic mass is 10.00. The monoisotopic (exact) mass is 252 g/mol. The molecule has 0 aliphatic heterocycles. The van der Waals surface area contributed by atoms with Crippen LogP contribution in [0.5, 0.6) is 0 Å². The molecule has 0 radical (unpaired) electrons. The third kappa shape index (κ3) is 2.20. The van der Waals surface area contributed by atoms with Crippen LogP contribution in [0.2, 0.25) is 0 Å². The average molecular weight is 253 g/mol. The predicted molar refractivity (Wildman–Crippen MR) is 64.9 cm³/mol. The topological polar surface area (TPSA) is 0 Å². The van der Waals surface area contributed by atoms with Gasteiger partial charge in [0.05, 0.1) is 0 Å². The Morgan fingerprint density at radius 1 is 1.07 bits per heavy atom. The van der Waals surface area contributed by atoms with Gasteiger partial charge in [-0.15, -0.1) is 0 Å². The molecule has 1 atom stereocenters. The van der Waals surface area contributed by atoms with E-state index >= 15 is 0 Å². The first-order chi connectivity index (χ1) is 6.68. The predicted octanol–water partition coefficient (Wildman–Crippen LogP) is 4.66. The van der Waals surface area contributed by atoms with Crippen LogP contribution >= 0.6 is 15.9 Å². The Labute approximate surface area is 94.8 Å². The third-order valence-corrected chi connectivity index (χ3v) is 4.23. The molecule has 14 heavy (non-hydrogen) atoms. The molecular formula is C13H17Br. The van der Waals surface area contributed by atoms with Crippen molar-refractivity contribution in [2.75, 3.05) is 0 Å². The zero-order valence-corrected chi connectivity index (χ0v) is 10.4. The van der Waals surface area contributed by atoms with E-state index in [1.165, 1.54) is 24.0 Å². The van der Waals surface area contributed by atoms with Gasteiger partial charge < -0.3 is 0 Å². The van der Waals surface area contributed by atoms with E-state index in [-0.39, 0.29) is 0 Å². The fourth-order valence-corrected chi connectivity index (χ4v) is 2.56. The molecule has 1 aliphatic rings. The van der Waals surface area contributed by atoms with E-state index in [9.17, 15) is 0 Å². The van der Waals surface area contributed by atoms with E-state index in [0.29, 0.717) is 10.7 Å². The van der Waals surface area contributed by atoms with Gasteiger partial charge in [-0.3, -0.25) is 0 Å². The minimum absolute atomic E-state index is 0.587. The molecule has 0 aromatic heterocycles. The van der Waals surface area contributed by atoms with Crippen molar-refractivity contribution in [2.24, 2.45) is 5.92 Å². The summed E-state index contributed by atoms with van der Waals surface area (Å²) in [6.07, 6.45) is 2.78. The van der Waals surface area contributed by atoms with Gasteiger partial charge in [0.15, 0.2) is 0 Å². The van der Waals surface area contributed by atoms with Gasteiger partial charge in [0.1, 0.15) is 0 Å². The molecule has 1 aliphatic carbocycles. The molecule has 0 nitrogen and oxygen atoms in total. The van der Waals surface area contributed by atoms with Crippen LogP contribution in [-0.2, 0) is 0 Å². The lowest BCUT2D eigenvalue weighted by molar-refractivity contribution is 0.817. The third-order valence-electron chi connectivity index (χ3n) is 2.96. The van der Waals surface area contributed by atoms with Crippen molar-refractivity contribution < 1.29 is 0 Å². The molecule has 1 heteroatoms. The summed E-state index contributed by atoms with van der Waals surface area (Å²) in [5.41, 5.74) is 2.88. The summed E-state index contributed by atoms with van der Waals surface area (Å²) in [5.74, 6) is 1.53. The van der Waals surface area contributed by atoms with Crippen LogP contribution in [0.4, 0.5) is 0 Å². The quantitative estimate of drug-likeness (QED) is 0.687. The lowest BCUT2D eigenvalue weighted by Crippen LogP contribution is -1.93. The van der Waals surface area contributed by atoms with Crippen molar-refractivity contribution in [3.8, 4) is 0 Å². The van der Waals surface area contributed by atoms with Crippen molar-refractivity contribution in [1.29, 1.82) is 0 Å². The van der Waals surface area contributed by atoms with Crippen LogP contribution in [0, 0.1) is 5.92 Å². The van der Waals surface area contributed by atoms with Crippen LogP contribution < -0.4 is 0 Å².